The van der Waals surface area contributed by atoms with Crippen molar-refractivity contribution in [1.29, 1.82) is 0 Å². The van der Waals surface area contributed by atoms with E-state index in [0.29, 0.717) is 12.1 Å². The first kappa shape index (κ1) is 21.1. The molecule has 0 radical (unpaired) electrons. The van der Waals surface area contributed by atoms with Crippen LogP contribution < -0.4 is 5.32 Å². The lowest BCUT2D eigenvalue weighted by Gasteiger charge is -2.56. The van der Waals surface area contributed by atoms with Crippen molar-refractivity contribution >= 4 is 0 Å². The van der Waals surface area contributed by atoms with Crippen LogP contribution in [0.3, 0.4) is 0 Å². The maximum Gasteiger partial charge on any atom is 0.0575 e. The van der Waals surface area contributed by atoms with Crippen molar-refractivity contribution in [3.63, 3.8) is 0 Å². The first-order valence-electron chi connectivity index (χ1n) is 9.70. The van der Waals surface area contributed by atoms with Gasteiger partial charge in [0.05, 0.1) is 14.2 Å². The van der Waals surface area contributed by atoms with E-state index in [1.54, 1.807) is 14.2 Å². The van der Waals surface area contributed by atoms with Crippen LogP contribution in [0.5, 0.6) is 0 Å². The summed E-state index contributed by atoms with van der Waals surface area (Å²) >= 11 is 0. The summed E-state index contributed by atoms with van der Waals surface area (Å²) < 4.78 is 0. The van der Waals surface area contributed by atoms with E-state index in [1.165, 1.54) is 0 Å². The van der Waals surface area contributed by atoms with Gasteiger partial charge < -0.3 is 15.0 Å². The fourth-order valence-electron chi connectivity index (χ4n) is 6.08. The molecule has 5 heteroatoms. The molecule has 1 N–H and O–H groups in total. The summed E-state index contributed by atoms with van der Waals surface area (Å²) in [6.45, 7) is 18.3. The Bertz CT molecular complexity index is 396. The van der Waals surface area contributed by atoms with Crippen molar-refractivity contribution in [3.05, 3.63) is 0 Å². The summed E-state index contributed by atoms with van der Waals surface area (Å²) in [5.74, 6) is 0. The fourth-order valence-corrected chi connectivity index (χ4v) is 6.08. The molecule has 148 valence electrons. The average Bonchev–Trinajstić information content (AvgIpc) is 2.32. The second-order valence-electron chi connectivity index (χ2n) is 10.6. The van der Waals surface area contributed by atoms with Gasteiger partial charge in [-0.1, -0.05) is 0 Å². The molecule has 2 aliphatic rings. The van der Waals surface area contributed by atoms with Gasteiger partial charge in [-0.05, 0) is 81.1 Å². The van der Waals surface area contributed by atoms with Crippen molar-refractivity contribution in [3.8, 4) is 0 Å². The third-order valence-electron chi connectivity index (χ3n) is 6.02. The lowest BCUT2D eigenvalue weighted by molar-refractivity contribution is -0.274. The van der Waals surface area contributed by atoms with E-state index in [9.17, 15) is 0 Å². The summed E-state index contributed by atoms with van der Waals surface area (Å²) in [4.78, 5) is 11.5. The quantitative estimate of drug-likeness (QED) is 0.831. The van der Waals surface area contributed by atoms with Gasteiger partial charge in [0, 0.05) is 34.2 Å². The van der Waals surface area contributed by atoms with Crippen molar-refractivity contribution < 1.29 is 9.68 Å². The molecule has 2 rings (SSSR count). The van der Waals surface area contributed by atoms with Crippen LogP contribution in [0.1, 0.15) is 81.1 Å². The Morgan fingerprint density at radius 2 is 0.840 bits per heavy atom. The van der Waals surface area contributed by atoms with Crippen LogP contribution >= 0.6 is 0 Å². The second kappa shape index (κ2) is 6.75. The number of hydrogen-bond donors (Lipinski definition) is 1. The number of nitrogens with one attached hydrogen (secondary N) is 1. The van der Waals surface area contributed by atoms with E-state index < -0.39 is 0 Å². The van der Waals surface area contributed by atoms with Gasteiger partial charge in [-0.15, -0.1) is 0 Å². The first-order chi connectivity index (χ1) is 11.2. The van der Waals surface area contributed by atoms with Crippen LogP contribution in [0.25, 0.3) is 0 Å². The highest BCUT2D eigenvalue weighted by Gasteiger charge is 2.49. The monoisotopic (exact) mass is 355 g/mol. The topological polar surface area (TPSA) is 37.0 Å². The highest BCUT2D eigenvalue weighted by Crippen LogP contribution is 2.41. The SMILES string of the molecule is CON1C(C)(C)CC(NC2CC(C)(C)N(OC)C(C)(C)C2)CC1(C)C. The summed E-state index contributed by atoms with van der Waals surface area (Å²) in [7, 11) is 3.59. The molecule has 2 heterocycles. The fraction of sp³-hybridized carbons (Fsp3) is 1.00. The summed E-state index contributed by atoms with van der Waals surface area (Å²) in [5.41, 5.74) is 0.0811. The molecular formula is C20H41N3O2. The largest absolute Gasteiger partial charge is 0.311 e. The zero-order valence-corrected chi connectivity index (χ0v) is 18.2. The molecule has 25 heavy (non-hydrogen) atoms. The van der Waals surface area contributed by atoms with E-state index in [0.717, 1.165) is 25.7 Å². The second-order valence-corrected chi connectivity index (χ2v) is 10.6. The van der Waals surface area contributed by atoms with E-state index in [4.69, 9.17) is 9.68 Å². The van der Waals surface area contributed by atoms with Crippen LogP contribution in [-0.2, 0) is 9.68 Å². The third-order valence-corrected chi connectivity index (χ3v) is 6.02. The van der Waals surface area contributed by atoms with Crippen LogP contribution in [0, 0.1) is 0 Å². The number of hydrogen-bond acceptors (Lipinski definition) is 5. The molecule has 2 aliphatic heterocycles. The van der Waals surface area contributed by atoms with E-state index >= 15 is 0 Å². The minimum atomic E-state index is 0.0203. The molecule has 0 bridgehead atoms. The Labute approximate surface area is 155 Å². The number of piperidine rings is 2. The minimum absolute atomic E-state index is 0.0203. The lowest BCUT2D eigenvalue weighted by atomic mass is 9.76. The van der Waals surface area contributed by atoms with Gasteiger partial charge in [0.1, 0.15) is 0 Å². The van der Waals surface area contributed by atoms with Crippen molar-refractivity contribution in [2.24, 2.45) is 0 Å². The molecule has 0 aromatic heterocycles. The first-order valence-corrected chi connectivity index (χ1v) is 9.70. The maximum atomic E-state index is 5.74. The smallest absolute Gasteiger partial charge is 0.0575 e. The number of rotatable bonds is 4. The lowest BCUT2D eigenvalue weighted by Crippen LogP contribution is -2.67. The van der Waals surface area contributed by atoms with Crippen LogP contribution in [0.15, 0.2) is 0 Å². The normalized spacial score (nSPS) is 30.5. The van der Waals surface area contributed by atoms with Gasteiger partial charge in [-0.3, -0.25) is 0 Å². The van der Waals surface area contributed by atoms with Gasteiger partial charge in [0.2, 0.25) is 0 Å². The average molecular weight is 356 g/mol. The molecule has 0 aromatic rings. The molecule has 2 fully saturated rings. The molecule has 0 atom stereocenters. The molecule has 0 aliphatic carbocycles. The summed E-state index contributed by atoms with van der Waals surface area (Å²) in [6.07, 6.45) is 4.37. The van der Waals surface area contributed by atoms with Crippen molar-refractivity contribution in [2.75, 3.05) is 14.2 Å². The molecule has 0 saturated carbocycles. The van der Waals surface area contributed by atoms with Crippen LogP contribution in [-0.4, -0.2) is 58.6 Å². The third kappa shape index (κ3) is 4.22. The molecule has 0 aromatic carbocycles. The number of nitrogens with zero attached hydrogens (tertiary/aromatic N) is 2. The molecule has 0 unspecified atom stereocenters. The Morgan fingerprint density at radius 3 is 1.04 bits per heavy atom. The summed E-state index contributed by atoms with van der Waals surface area (Å²) in [5, 5.41) is 8.37. The van der Waals surface area contributed by atoms with Crippen molar-refractivity contribution in [2.45, 2.75) is 115 Å². The molecule has 0 spiro atoms. The molecule has 0 amide bonds. The van der Waals surface area contributed by atoms with Gasteiger partial charge >= 0.3 is 0 Å². The minimum Gasteiger partial charge on any atom is -0.311 e. The van der Waals surface area contributed by atoms with Gasteiger partial charge in [0.25, 0.3) is 0 Å². The Morgan fingerprint density at radius 1 is 0.600 bits per heavy atom. The molecule has 5 nitrogen and oxygen atoms in total. The molecule has 2 saturated heterocycles. The highest BCUT2D eigenvalue weighted by molar-refractivity contribution is 5.03. The van der Waals surface area contributed by atoms with Crippen LogP contribution in [0.2, 0.25) is 0 Å². The Hall–Kier alpha value is -0.200. The Kier molecular flexibility index (Phi) is 5.70. The predicted molar refractivity (Wildman–Crippen MR) is 103 cm³/mol. The zero-order chi connectivity index (χ0) is 19.3. The molecular weight excluding hydrogens is 314 g/mol. The standard InChI is InChI=1S/C20H41N3O2/c1-17(2)11-15(12-18(3,4)22(17)24-9)21-16-13-19(5,6)23(25-10)20(7,8)14-16/h15-16,21H,11-14H2,1-10H3. The van der Waals surface area contributed by atoms with Gasteiger partial charge in [0.15, 0.2) is 0 Å². The van der Waals surface area contributed by atoms with Gasteiger partial charge in [-0.25, -0.2) is 0 Å². The highest BCUT2D eigenvalue weighted by atomic mass is 16.7. The van der Waals surface area contributed by atoms with Gasteiger partial charge in [-0.2, -0.15) is 10.1 Å². The van der Waals surface area contributed by atoms with Crippen LogP contribution in [0.4, 0.5) is 0 Å². The van der Waals surface area contributed by atoms with E-state index in [1.807, 2.05) is 0 Å². The Balaban J connectivity index is 2.12. The van der Waals surface area contributed by atoms with Crippen molar-refractivity contribution in [1.82, 2.24) is 15.4 Å². The number of hydroxylamine groups is 4. The zero-order valence-electron chi connectivity index (χ0n) is 18.2. The maximum absolute atomic E-state index is 5.74. The summed E-state index contributed by atoms with van der Waals surface area (Å²) in [6, 6.07) is 1.00. The van der Waals surface area contributed by atoms with E-state index in [2.05, 4.69) is 70.8 Å². The predicted octanol–water partition coefficient (Wildman–Crippen LogP) is 3.74. The van der Waals surface area contributed by atoms with E-state index in [-0.39, 0.29) is 22.2 Å².